The van der Waals surface area contributed by atoms with Crippen LogP contribution in [0.5, 0.6) is 0 Å². The Bertz CT molecular complexity index is 996. The molecule has 0 bridgehead atoms. The molecule has 2 N–H and O–H groups in total. The Hall–Kier alpha value is -1.92. The van der Waals surface area contributed by atoms with Crippen molar-refractivity contribution in [2.24, 2.45) is 0 Å². The second kappa shape index (κ2) is 36.9. The molecule has 0 atom stereocenters. The predicted molar refractivity (Wildman–Crippen MR) is 253 cm³/mol. The lowest BCUT2D eigenvalue weighted by molar-refractivity contribution is -0.936. The van der Waals surface area contributed by atoms with E-state index in [0.717, 1.165) is 87.3 Å². The van der Waals surface area contributed by atoms with Crippen molar-refractivity contribution in [2.45, 2.75) is 234 Å². The van der Waals surface area contributed by atoms with Gasteiger partial charge in [-0.1, -0.05) is 192 Å². The number of hydrogen-bond acceptors (Lipinski definition) is 2. The van der Waals surface area contributed by atoms with Gasteiger partial charge in [-0.2, -0.15) is 0 Å². The number of carbonyl (C=O) groups is 2. The SMILES string of the molecule is CCCCCCCCCCCCCCCC(=O)NCC[N+](CC)(CC)Cc1ccc(C[N+](CC)(CC)CCNC(=O)CCCCCCCCCCCCCCC)cc1. The van der Waals surface area contributed by atoms with E-state index in [1.165, 1.54) is 165 Å². The van der Waals surface area contributed by atoms with E-state index < -0.39 is 0 Å². The van der Waals surface area contributed by atoms with E-state index in [9.17, 15) is 9.59 Å². The van der Waals surface area contributed by atoms with E-state index in [4.69, 9.17) is 0 Å². The lowest BCUT2D eigenvalue weighted by Gasteiger charge is -2.38. The summed E-state index contributed by atoms with van der Waals surface area (Å²) in [6.45, 7) is 23.4. The van der Waals surface area contributed by atoms with Gasteiger partial charge in [0.05, 0.1) is 52.4 Å². The smallest absolute Gasteiger partial charge is 0.220 e. The van der Waals surface area contributed by atoms with Gasteiger partial charge < -0.3 is 19.6 Å². The largest absolute Gasteiger partial charge is 0.350 e. The van der Waals surface area contributed by atoms with Gasteiger partial charge in [-0.25, -0.2) is 0 Å². The zero-order valence-electron chi connectivity index (χ0n) is 39.9. The molecule has 1 rings (SSSR count). The predicted octanol–water partition coefficient (Wildman–Crippen LogP) is 13.6. The minimum Gasteiger partial charge on any atom is -0.350 e. The fourth-order valence-corrected chi connectivity index (χ4v) is 8.86. The summed E-state index contributed by atoms with van der Waals surface area (Å²) >= 11 is 0. The van der Waals surface area contributed by atoms with Crippen molar-refractivity contribution in [1.29, 1.82) is 0 Å². The normalized spacial score (nSPS) is 12.0. The van der Waals surface area contributed by atoms with Gasteiger partial charge >= 0.3 is 0 Å². The maximum Gasteiger partial charge on any atom is 0.220 e. The fourth-order valence-electron chi connectivity index (χ4n) is 8.86. The average Bonchev–Trinajstić information content (AvgIpc) is 3.24. The zero-order valence-corrected chi connectivity index (χ0v) is 39.9. The van der Waals surface area contributed by atoms with Crippen molar-refractivity contribution in [3.8, 4) is 0 Å². The maximum atomic E-state index is 12.7. The first-order valence-electron chi connectivity index (χ1n) is 25.6. The van der Waals surface area contributed by atoms with Crippen LogP contribution in [0, 0.1) is 0 Å². The van der Waals surface area contributed by atoms with Gasteiger partial charge in [-0.3, -0.25) is 9.59 Å². The summed E-state index contributed by atoms with van der Waals surface area (Å²) in [4.78, 5) is 25.3. The second-order valence-electron chi connectivity index (χ2n) is 18.2. The Balaban J connectivity index is 2.31. The summed E-state index contributed by atoms with van der Waals surface area (Å²) in [6.07, 6.45) is 36.0. The van der Waals surface area contributed by atoms with Crippen LogP contribution in [0.4, 0.5) is 0 Å². The fraction of sp³-hybridized carbons (Fsp3) is 0.846. The Morgan fingerprint density at radius 2 is 0.621 bits per heavy atom. The molecule has 0 fully saturated rings. The first kappa shape index (κ1) is 54.1. The van der Waals surface area contributed by atoms with Crippen LogP contribution >= 0.6 is 0 Å². The molecule has 0 aromatic heterocycles. The molecule has 0 saturated heterocycles. The number of carbonyl (C=O) groups excluding carboxylic acids is 2. The summed E-state index contributed by atoms with van der Waals surface area (Å²) in [6, 6.07) is 9.33. The molecule has 338 valence electrons. The van der Waals surface area contributed by atoms with E-state index in [-0.39, 0.29) is 11.8 Å². The molecule has 6 heteroatoms. The molecule has 0 saturated carbocycles. The first-order chi connectivity index (χ1) is 28.3. The van der Waals surface area contributed by atoms with Crippen LogP contribution in [-0.4, -0.2) is 73.1 Å². The number of nitrogens with one attached hydrogen (secondary N) is 2. The third-order valence-corrected chi connectivity index (χ3v) is 13.6. The minimum atomic E-state index is 0.223. The highest BCUT2D eigenvalue weighted by atomic mass is 16.2. The van der Waals surface area contributed by atoms with E-state index >= 15 is 0 Å². The van der Waals surface area contributed by atoms with Crippen LogP contribution in [0.1, 0.15) is 232 Å². The first-order valence-corrected chi connectivity index (χ1v) is 25.6. The number of hydrogen-bond donors (Lipinski definition) is 2. The topological polar surface area (TPSA) is 58.2 Å². The van der Waals surface area contributed by atoms with Crippen LogP contribution in [0.15, 0.2) is 24.3 Å². The highest BCUT2D eigenvalue weighted by molar-refractivity contribution is 5.76. The summed E-state index contributed by atoms with van der Waals surface area (Å²) < 4.78 is 1.97. The third-order valence-electron chi connectivity index (χ3n) is 13.6. The Morgan fingerprint density at radius 1 is 0.379 bits per heavy atom. The maximum absolute atomic E-state index is 12.7. The molecule has 0 radical (unpaired) electrons. The van der Waals surface area contributed by atoms with Crippen molar-refractivity contribution >= 4 is 11.8 Å². The van der Waals surface area contributed by atoms with Crippen molar-refractivity contribution < 1.29 is 18.6 Å². The van der Waals surface area contributed by atoms with Crippen molar-refractivity contribution in [1.82, 2.24) is 10.6 Å². The quantitative estimate of drug-likeness (QED) is 0.0510. The highest BCUT2D eigenvalue weighted by Gasteiger charge is 2.26. The molecule has 0 aliphatic rings. The molecule has 0 unspecified atom stereocenters. The minimum absolute atomic E-state index is 0.223. The molecule has 0 aliphatic heterocycles. The van der Waals surface area contributed by atoms with Gasteiger partial charge in [-0.15, -0.1) is 0 Å². The lowest BCUT2D eigenvalue weighted by Crippen LogP contribution is -2.51. The van der Waals surface area contributed by atoms with Crippen molar-refractivity contribution in [3.63, 3.8) is 0 Å². The molecule has 2 amide bonds. The second-order valence-corrected chi connectivity index (χ2v) is 18.2. The Kier molecular flexibility index (Phi) is 34.4. The number of rotatable bonds is 42. The molecule has 0 heterocycles. The van der Waals surface area contributed by atoms with Gasteiger partial charge in [-0.05, 0) is 40.5 Å². The van der Waals surface area contributed by atoms with E-state index in [1.54, 1.807) is 0 Å². The standard InChI is InChI=1S/C52H98N4O2/c1-7-13-15-17-19-21-23-25-27-29-31-33-35-37-51(57)53-43-45-55(9-3,10-4)47-49-39-41-50(42-40-49)48-56(11-5,12-6)46-44-54-52(58)38-36-34-32-30-28-26-24-22-20-18-16-14-8-2/h39-42H,7-38,43-48H2,1-6H3/p+2. The van der Waals surface area contributed by atoms with Gasteiger partial charge in [0.25, 0.3) is 0 Å². The Labute approximate surface area is 362 Å². The molecule has 0 spiro atoms. The van der Waals surface area contributed by atoms with Gasteiger partial charge in [0.1, 0.15) is 13.1 Å². The third kappa shape index (κ3) is 27.8. The summed E-state index contributed by atoms with van der Waals surface area (Å²) in [7, 11) is 0. The molecule has 1 aromatic rings. The Morgan fingerprint density at radius 3 is 0.862 bits per heavy atom. The van der Waals surface area contributed by atoms with Gasteiger partial charge in [0.2, 0.25) is 11.8 Å². The summed E-state index contributed by atoms with van der Waals surface area (Å²) in [5.74, 6) is 0.445. The van der Waals surface area contributed by atoms with Gasteiger partial charge in [0.15, 0.2) is 0 Å². The molecule has 58 heavy (non-hydrogen) atoms. The number of likely N-dealkylation sites (N-methyl/N-ethyl adjacent to an activating group) is 2. The molecular formula is C52H100N4O2+2. The molecule has 1 aromatic carbocycles. The number of nitrogens with zero attached hydrogens (tertiary/aromatic N) is 2. The van der Waals surface area contributed by atoms with Crippen LogP contribution in [0.25, 0.3) is 0 Å². The summed E-state index contributed by atoms with van der Waals surface area (Å²) in [5, 5.41) is 6.51. The molecule has 6 nitrogen and oxygen atoms in total. The number of benzene rings is 1. The average molecular weight is 813 g/mol. The molecular weight excluding hydrogens is 713 g/mol. The van der Waals surface area contributed by atoms with Crippen LogP contribution in [0.2, 0.25) is 0 Å². The van der Waals surface area contributed by atoms with Crippen LogP contribution < -0.4 is 10.6 Å². The van der Waals surface area contributed by atoms with Crippen molar-refractivity contribution in [2.75, 3.05) is 52.4 Å². The van der Waals surface area contributed by atoms with Crippen molar-refractivity contribution in [3.05, 3.63) is 35.4 Å². The van der Waals surface area contributed by atoms with Gasteiger partial charge in [0, 0.05) is 24.0 Å². The number of quaternary nitrogens is 2. The molecule has 0 aliphatic carbocycles. The number of amides is 2. The van der Waals surface area contributed by atoms with Crippen LogP contribution in [-0.2, 0) is 22.7 Å². The summed E-state index contributed by atoms with van der Waals surface area (Å²) in [5.41, 5.74) is 2.74. The zero-order chi connectivity index (χ0) is 42.4. The van der Waals surface area contributed by atoms with E-state index in [0.29, 0.717) is 12.8 Å². The lowest BCUT2D eigenvalue weighted by atomic mass is 10.0. The highest BCUT2D eigenvalue weighted by Crippen LogP contribution is 2.20. The monoisotopic (exact) mass is 813 g/mol. The van der Waals surface area contributed by atoms with Crippen LogP contribution in [0.3, 0.4) is 0 Å². The van der Waals surface area contributed by atoms with E-state index in [1.807, 2.05) is 0 Å². The number of unbranched alkanes of at least 4 members (excludes halogenated alkanes) is 24. The van der Waals surface area contributed by atoms with E-state index in [2.05, 4.69) is 76.4 Å².